The first-order valence-corrected chi connectivity index (χ1v) is 6.30. The van der Waals surface area contributed by atoms with Gasteiger partial charge in [-0.2, -0.15) is 0 Å². The molecular formula is C11H20N2O2S. The summed E-state index contributed by atoms with van der Waals surface area (Å²) in [5.74, 6) is 5.47. The highest BCUT2D eigenvalue weighted by Crippen LogP contribution is 2.11. The number of nitrogens with one attached hydrogen (secondary N) is 1. The summed E-state index contributed by atoms with van der Waals surface area (Å²) in [5, 5.41) is 2.09. The van der Waals surface area contributed by atoms with Crippen LogP contribution in [0.15, 0.2) is 17.5 Å². The molecule has 0 aliphatic rings. The van der Waals surface area contributed by atoms with Gasteiger partial charge in [0.25, 0.3) is 0 Å². The van der Waals surface area contributed by atoms with E-state index < -0.39 is 0 Å². The number of hydrazine groups is 1. The molecular weight excluding hydrogens is 224 g/mol. The Labute approximate surface area is 101 Å². The average Bonchev–Trinajstić information content (AvgIpc) is 2.81. The summed E-state index contributed by atoms with van der Waals surface area (Å²) in [4.78, 5) is 1.39. The normalized spacial score (nSPS) is 12.9. The lowest BCUT2D eigenvalue weighted by Gasteiger charge is -2.15. The molecule has 1 aromatic rings. The Bertz CT molecular complexity index is 254. The third kappa shape index (κ3) is 5.58. The minimum absolute atomic E-state index is 0.207. The van der Waals surface area contributed by atoms with Crippen molar-refractivity contribution in [2.45, 2.75) is 18.9 Å². The average molecular weight is 244 g/mol. The van der Waals surface area contributed by atoms with Gasteiger partial charge in [0.1, 0.15) is 0 Å². The van der Waals surface area contributed by atoms with Crippen LogP contribution >= 0.6 is 11.3 Å². The van der Waals surface area contributed by atoms with Crippen LogP contribution in [0.3, 0.4) is 0 Å². The van der Waals surface area contributed by atoms with Gasteiger partial charge in [0, 0.05) is 18.0 Å². The smallest absolute Gasteiger partial charge is 0.0701 e. The molecule has 0 saturated heterocycles. The Morgan fingerprint density at radius 1 is 1.50 bits per heavy atom. The van der Waals surface area contributed by atoms with E-state index in [0.29, 0.717) is 19.8 Å². The molecule has 3 N–H and O–H groups in total. The zero-order valence-corrected chi connectivity index (χ0v) is 10.5. The molecule has 0 aliphatic carbocycles. The van der Waals surface area contributed by atoms with Crippen LogP contribution in [0.4, 0.5) is 0 Å². The zero-order valence-electron chi connectivity index (χ0n) is 9.65. The molecule has 0 aromatic carbocycles. The summed E-state index contributed by atoms with van der Waals surface area (Å²) >= 11 is 1.78. The van der Waals surface area contributed by atoms with Gasteiger partial charge in [-0.3, -0.25) is 11.3 Å². The number of hydrogen-bond donors (Lipinski definition) is 2. The van der Waals surface area contributed by atoms with Gasteiger partial charge >= 0.3 is 0 Å². The first kappa shape index (κ1) is 13.6. The Hall–Kier alpha value is -0.460. The van der Waals surface area contributed by atoms with Crippen molar-refractivity contribution in [3.05, 3.63) is 22.4 Å². The van der Waals surface area contributed by atoms with Gasteiger partial charge in [-0.1, -0.05) is 6.07 Å². The predicted molar refractivity (Wildman–Crippen MR) is 66.4 cm³/mol. The molecule has 1 atom stereocenters. The van der Waals surface area contributed by atoms with Crippen molar-refractivity contribution in [2.24, 2.45) is 5.84 Å². The van der Waals surface area contributed by atoms with Crippen LogP contribution in [0.5, 0.6) is 0 Å². The Morgan fingerprint density at radius 2 is 2.38 bits per heavy atom. The number of thiophene rings is 1. The van der Waals surface area contributed by atoms with E-state index in [4.69, 9.17) is 15.3 Å². The molecule has 1 aromatic heterocycles. The van der Waals surface area contributed by atoms with Gasteiger partial charge < -0.3 is 9.47 Å². The molecule has 0 fully saturated rings. The van der Waals surface area contributed by atoms with E-state index in [-0.39, 0.29) is 6.04 Å². The molecule has 5 heteroatoms. The van der Waals surface area contributed by atoms with Gasteiger partial charge in [-0.25, -0.2) is 0 Å². The van der Waals surface area contributed by atoms with Crippen molar-refractivity contribution in [3.8, 4) is 0 Å². The van der Waals surface area contributed by atoms with Gasteiger partial charge in [-0.05, 0) is 24.3 Å². The summed E-state index contributed by atoms with van der Waals surface area (Å²) in [6.07, 6.45) is 2.03. The van der Waals surface area contributed by atoms with E-state index >= 15 is 0 Å². The Morgan fingerprint density at radius 3 is 3.00 bits per heavy atom. The number of rotatable bonds is 9. The lowest BCUT2D eigenvalue weighted by molar-refractivity contribution is 0.0576. The highest BCUT2D eigenvalue weighted by Gasteiger charge is 2.07. The van der Waals surface area contributed by atoms with Crippen LogP contribution in [0, 0.1) is 0 Å². The Kier molecular flexibility index (Phi) is 7.37. The number of hydrogen-bond acceptors (Lipinski definition) is 5. The van der Waals surface area contributed by atoms with Gasteiger partial charge in [0.15, 0.2) is 0 Å². The van der Waals surface area contributed by atoms with Crippen LogP contribution in [-0.4, -0.2) is 33.0 Å². The maximum Gasteiger partial charge on any atom is 0.0701 e. The molecule has 4 nitrogen and oxygen atoms in total. The second kappa shape index (κ2) is 8.66. The lowest BCUT2D eigenvalue weighted by atomic mass is 10.1. The maximum atomic E-state index is 5.47. The fraction of sp³-hybridized carbons (Fsp3) is 0.636. The van der Waals surface area contributed by atoms with Crippen LogP contribution in [-0.2, 0) is 15.9 Å². The first-order valence-electron chi connectivity index (χ1n) is 5.42. The SMILES string of the molecule is COCCOCC(CCc1cccs1)NN. The van der Waals surface area contributed by atoms with E-state index in [1.807, 2.05) is 0 Å². The molecule has 1 unspecified atom stereocenters. The third-order valence-electron chi connectivity index (χ3n) is 2.31. The van der Waals surface area contributed by atoms with E-state index in [1.54, 1.807) is 18.4 Å². The molecule has 0 amide bonds. The quantitative estimate of drug-likeness (QED) is 0.389. The van der Waals surface area contributed by atoms with Gasteiger partial charge in [0.2, 0.25) is 0 Å². The summed E-state index contributed by atoms with van der Waals surface area (Å²) in [7, 11) is 1.67. The van der Waals surface area contributed by atoms with Crippen molar-refractivity contribution < 1.29 is 9.47 Å². The van der Waals surface area contributed by atoms with Crippen molar-refractivity contribution in [3.63, 3.8) is 0 Å². The second-order valence-electron chi connectivity index (χ2n) is 3.55. The molecule has 1 rings (SSSR count). The molecule has 0 radical (unpaired) electrons. The predicted octanol–water partition coefficient (Wildman–Crippen LogP) is 1.18. The highest BCUT2D eigenvalue weighted by molar-refractivity contribution is 7.09. The lowest BCUT2D eigenvalue weighted by Crippen LogP contribution is -2.39. The Balaban J connectivity index is 2.11. The summed E-state index contributed by atoms with van der Waals surface area (Å²) < 4.78 is 10.3. The molecule has 92 valence electrons. The van der Waals surface area contributed by atoms with E-state index in [1.165, 1.54) is 4.88 Å². The summed E-state index contributed by atoms with van der Waals surface area (Å²) in [6, 6.07) is 4.42. The largest absolute Gasteiger partial charge is 0.382 e. The summed E-state index contributed by atoms with van der Waals surface area (Å²) in [5.41, 5.74) is 2.78. The zero-order chi connectivity index (χ0) is 11.6. The topological polar surface area (TPSA) is 56.5 Å². The third-order valence-corrected chi connectivity index (χ3v) is 3.24. The van der Waals surface area contributed by atoms with Crippen molar-refractivity contribution >= 4 is 11.3 Å². The van der Waals surface area contributed by atoms with E-state index in [9.17, 15) is 0 Å². The molecule has 1 heterocycles. The van der Waals surface area contributed by atoms with E-state index in [0.717, 1.165) is 12.8 Å². The van der Waals surface area contributed by atoms with Crippen LogP contribution in [0.1, 0.15) is 11.3 Å². The molecule has 0 aliphatic heterocycles. The highest BCUT2D eigenvalue weighted by atomic mass is 32.1. The number of aryl methyl sites for hydroxylation is 1. The first-order chi connectivity index (χ1) is 7.86. The van der Waals surface area contributed by atoms with Crippen molar-refractivity contribution in [1.29, 1.82) is 0 Å². The van der Waals surface area contributed by atoms with Crippen LogP contribution < -0.4 is 11.3 Å². The maximum absolute atomic E-state index is 5.47. The minimum atomic E-state index is 0.207. The van der Waals surface area contributed by atoms with E-state index in [2.05, 4.69) is 22.9 Å². The number of nitrogens with two attached hydrogens (primary N) is 1. The fourth-order valence-electron chi connectivity index (χ4n) is 1.35. The minimum Gasteiger partial charge on any atom is -0.382 e. The fourth-order valence-corrected chi connectivity index (χ4v) is 2.08. The second-order valence-corrected chi connectivity index (χ2v) is 4.58. The standard InChI is InChI=1S/C11H20N2O2S/c1-14-6-7-15-9-10(13-12)4-5-11-3-2-8-16-11/h2-3,8,10,13H,4-7,9,12H2,1H3. The van der Waals surface area contributed by atoms with Crippen molar-refractivity contribution in [2.75, 3.05) is 26.9 Å². The number of methoxy groups -OCH3 is 1. The number of ether oxygens (including phenoxy) is 2. The van der Waals surface area contributed by atoms with Gasteiger partial charge in [-0.15, -0.1) is 11.3 Å². The molecule has 0 bridgehead atoms. The molecule has 0 spiro atoms. The van der Waals surface area contributed by atoms with Crippen LogP contribution in [0.25, 0.3) is 0 Å². The van der Waals surface area contributed by atoms with Gasteiger partial charge in [0.05, 0.1) is 19.8 Å². The summed E-state index contributed by atoms with van der Waals surface area (Å²) in [6.45, 7) is 1.88. The van der Waals surface area contributed by atoms with Crippen LogP contribution in [0.2, 0.25) is 0 Å². The molecule has 0 saturated carbocycles. The monoisotopic (exact) mass is 244 g/mol. The molecule has 16 heavy (non-hydrogen) atoms. The van der Waals surface area contributed by atoms with Crippen molar-refractivity contribution in [1.82, 2.24) is 5.43 Å².